The van der Waals surface area contributed by atoms with Crippen LogP contribution in [0.3, 0.4) is 0 Å². The van der Waals surface area contributed by atoms with Crippen molar-refractivity contribution in [1.82, 2.24) is 14.9 Å². The lowest BCUT2D eigenvalue weighted by Crippen LogP contribution is -2.29. The number of aromatic nitrogens is 2. The average Bonchev–Trinajstić information content (AvgIpc) is 3.67. The highest BCUT2D eigenvalue weighted by atomic mass is 32.1. The Morgan fingerprint density at radius 3 is 2.37 bits per heavy atom. The minimum Gasteiger partial charge on any atom is -0.490 e. The van der Waals surface area contributed by atoms with Crippen LogP contribution in [0.1, 0.15) is 66.0 Å². The number of alkyl halides is 3. The molecular formula is C32H31F3N4OS. The van der Waals surface area contributed by atoms with Crippen molar-refractivity contribution in [3.63, 3.8) is 0 Å². The second kappa shape index (κ2) is 10.9. The molecule has 0 bridgehead atoms. The third-order valence-corrected chi connectivity index (χ3v) is 8.35. The van der Waals surface area contributed by atoms with Gasteiger partial charge in [-0.05, 0) is 118 Å². The molecule has 4 aromatic rings. The summed E-state index contributed by atoms with van der Waals surface area (Å²) in [5, 5.41) is 4.03. The van der Waals surface area contributed by atoms with Crippen LogP contribution in [0.2, 0.25) is 0 Å². The van der Waals surface area contributed by atoms with Crippen molar-refractivity contribution in [1.29, 1.82) is 0 Å². The first-order valence-corrected chi connectivity index (χ1v) is 14.3. The topological polar surface area (TPSA) is 42.3 Å². The van der Waals surface area contributed by atoms with E-state index in [1.807, 2.05) is 66.9 Å². The summed E-state index contributed by atoms with van der Waals surface area (Å²) in [4.78, 5) is 6.70. The van der Waals surface area contributed by atoms with Gasteiger partial charge in [-0.15, -0.1) is 0 Å². The van der Waals surface area contributed by atoms with Gasteiger partial charge >= 0.3 is 6.18 Å². The summed E-state index contributed by atoms with van der Waals surface area (Å²) in [6.45, 7) is 3.85. The highest BCUT2D eigenvalue weighted by molar-refractivity contribution is 7.80. The zero-order valence-electron chi connectivity index (χ0n) is 22.9. The Balaban J connectivity index is 1.41. The second-order valence-corrected chi connectivity index (χ2v) is 11.1. The van der Waals surface area contributed by atoms with Crippen molar-refractivity contribution >= 4 is 23.0 Å². The van der Waals surface area contributed by atoms with E-state index in [-0.39, 0.29) is 18.2 Å². The summed E-state index contributed by atoms with van der Waals surface area (Å²) in [6.07, 6.45) is 2.15. The lowest BCUT2D eigenvalue weighted by molar-refractivity contribution is -0.137. The van der Waals surface area contributed by atoms with Crippen molar-refractivity contribution in [2.24, 2.45) is 0 Å². The van der Waals surface area contributed by atoms with Gasteiger partial charge in [-0.25, -0.2) is 0 Å². The van der Waals surface area contributed by atoms with Gasteiger partial charge in [0.25, 0.3) is 0 Å². The maximum atomic E-state index is 13.5. The van der Waals surface area contributed by atoms with Crippen LogP contribution in [-0.4, -0.2) is 20.8 Å². The van der Waals surface area contributed by atoms with Gasteiger partial charge in [-0.3, -0.25) is 4.98 Å². The van der Waals surface area contributed by atoms with Crippen LogP contribution in [0.15, 0.2) is 79.0 Å². The molecule has 0 spiro atoms. The number of thiocarbonyl (C=S) groups is 1. The third-order valence-electron chi connectivity index (χ3n) is 8.04. The fourth-order valence-electron chi connectivity index (χ4n) is 6.14. The summed E-state index contributed by atoms with van der Waals surface area (Å²) in [5.41, 5.74) is 4.12. The minimum absolute atomic E-state index is 0.262. The predicted molar refractivity (Wildman–Crippen MR) is 158 cm³/mol. The molecule has 3 heterocycles. The predicted octanol–water partition coefficient (Wildman–Crippen LogP) is 8.01. The number of rotatable bonds is 6. The number of nitrogens with one attached hydrogen (secondary N) is 1. The normalized spacial score (nSPS) is 19.5. The fourth-order valence-corrected chi connectivity index (χ4v) is 6.48. The average molecular weight is 577 g/mol. The Kier molecular flexibility index (Phi) is 7.23. The molecule has 41 heavy (non-hydrogen) atoms. The second-order valence-electron chi connectivity index (χ2n) is 10.7. The van der Waals surface area contributed by atoms with Crippen molar-refractivity contribution in [2.75, 3.05) is 4.90 Å². The Labute approximate surface area is 243 Å². The highest BCUT2D eigenvalue weighted by Gasteiger charge is 2.42. The van der Waals surface area contributed by atoms with Gasteiger partial charge in [0.05, 0.1) is 29.4 Å². The van der Waals surface area contributed by atoms with Gasteiger partial charge < -0.3 is 19.5 Å². The highest BCUT2D eigenvalue weighted by Crippen LogP contribution is 2.44. The number of nitrogens with zero attached hydrogens (tertiary/aromatic N) is 3. The van der Waals surface area contributed by atoms with Gasteiger partial charge in [0, 0.05) is 29.0 Å². The van der Waals surface area contributed by atoms with E-state index < -0.39 is 11.7 Å². The molecule has 2 aliphatic rings. The number of ether oxygens (including phenoxy) is 1. The number of anilines is 1. The van der Waals surface area contributed by atoms with Crippen LogP contribution in [-0.2, 0) is 6.18 Å². The molecule has 1 N–H and O–H groups in total. The van der Waals surface area contributed by atoms with E-state index in [9.17, 15) is 13.2 Å². The van der Waals surface area contributed by atoms with Gasteiger partial charge in [0.15, 0.2) is 5.11 Å². The van der Waals surface area contributed by atoms with Gasteiger partial charge in [-0.1, -0.05) is 12.1 Å². The number of aryl methyl sites for hydroxylation is 1. The molecule has 1 aliphatic carbocycles. The first-order valence-electron chi connectivity index (χ1n) is 13.8. The Morgan fingerprint density at radius 2 is 1.68 bits per heavy atom. The van der Waals surface area contributed by atoms with E-state index in [4.69, 9.17) is 17.0 Å². The number of benzene rings is 2. The molecule has 0 unspecified atom stereocenters. The van der Waals surface area contributed by atoms with Crippen LogP contribution in [0, 0.1) is 13.8 Å². The smallest absolute Gasteiger partial charge is 0.416 e. The molecule has 2 aromatic carbocycles. The molecule has 9 heteroatoms. The summed E-state index contributed by atoms with van der Waals surface area (Å²) < 4.78 is 48.7. The molecule has 6 rings (SSSR count). The first-order chi connectivity index (χ1) is 19.7. The Bertz CT molecular complexity index is 1550. The maximum Gasteiger partial charge on any atom is 0.416 e. The number of pyridine rings is 1. The summed E-state index contributed by atoms with van der Waals surface area (Å²) in [6, 6.07) is 20.7. The van der Waals surface area contributed by atoms with Crippen molar-refractivity contribution < 1.29 is 17.9 Å². The van der Waals surface area contributed by atoms with E-state index in [0.29, 0.717) is 10.8 Å². The Morgan fingerprint density at radius 1 is 0.927 bits per heavy atom. The summed E-state index contributed by atoms with van der Waals surface area (Å²) in [5.74, 6) is 0.833. The minimum atomic E-state index is -4.43. The first kappa shape index (κ1) is 27.3. The molecule has 0 radical (unpaired) electrons. The van der Waals surface area contributed by atoms with Crippen LogP contribution >= 0.6 is 12.2 Å². The summed E-state index contributed by atoms with van der Waals surface area (Å²) in [7, 11) is 0. The fraction of sp³-hybridized carbons (Fsp3) is 0.312. The largest absolute Gasteiger partial charge is 0.490 e. The van der Waals surface area contributed by atoms with Crippen LogP contribution < -0.4 is 15.0 Å². The molecular weight excluding hydrogens is 545 g/mol. The number of hydrogen-bond donors (Lipinski definition) is 1. The lowest BCUT2D eigenvalue weighted by Gasteiger charge is -2.28. The molecule has 1 aliphatic heterocycles. The molecule has 2 aromatic heterocycles. The standard InChI is InChI=1S/C32H31F3N4OS/c1-20-18-27(21(2)38(20)24-9-7-8-22(19-24)32(33,34)35)30-29(28-12-5-6-17-36-28)37-31(41)39(30)23-13-15-26(16-14-23)40-25-10-3-4-11-25/h5-9,12-19,25,29-30H,3-4,10-11H2,1-2H3,(H,37,41)/t29-,30-/m1/s1. The number of halogens is 3. The molecule has 2 fully saturated rings. The molecule has 1 saturated carbocycles. The van der Waals surface area contributed by atoms with Crippen molar-refractivity contribution in [3.05, 3.63) is 107 Å². The maximum absolute atomic E-state index is 13.5. The van der Waals surface area contributed by atoms with E-state index in [2.05, 4.69) is 15.2 Å². The van der Waals surface area contributed by atoms with Gasteiger partial charge in [-0.2, -0.15) is 13.2 Å². The van der Waals surface area contributed by atoms with Crippen LogP contribution in [0.4, 0.5) is 18.9 Å². The molecule has 212 valence electrons. The zero-order valence-corrected chi connectivity index (χ0v) is 23.7. The van der Waals surface area contributed by atoms with Gasteiger partial charge in [0.1, 0.15) is 5.75 Å². The third kappa shape index (κ3) is 5.30. The molecule has 1 saturated heterocycles. The van der Waals surface area contributed by atoms with E-state index >= 15 is 0 Å². The molecule has 5 nitrogen and oxygen atoms in total. The summed E-state index contributed by atoms with van der Waals surface area (Å²) >= 11 is 5.88. The van der Waals surface area contributed by atoms with Crippen molar-refractivity contribution in [2.45, 2.75) is 63.9 Å². The van der Waals surface area contributed by atoms with Gasteiger partial charge in [0.2, 0.25) is 0 Å². The quantitative estimate of drug-likeness (QED) is 0.236. The SMILES string of the molecule is Cc1cc([C@@H]2[C@@H](c3ccccn3)NC(=S)N2c2ccc(OC3CCCC3)cc2)c(C)n1-c1cccc(C(F)(F)F)c1. The Hall–Kier alpha value is -3.85. The molecule has 2 atom stereocenters. The van der Waals surface area contributed by atoms with E-state index in [0.717, 1.165) is 53.0 Å². The van der Waals surface area contributed by atoms with Crippen LogP contribution in [0.25, 0.3) is 5.69 Å². The zero-order chi connectivity index (χ0) is 28.7. The van der Waals surface area contributed by atoms with E-state index in [1.165, 1.54) is 25.0 Å². The van der Waals surface area contributed by atoms with Crippen LogP contribution in [0.5, 0.6) is 5.75 Å². The van der Waals surface area contributed by atoms with E-state index in [1.54, 1.807) is 12.3 Å². The lowest BCUT2D eigenvalue weighted by atomic mass is 9.96. The number of hydrogen-bond acceptors (Lipinski definition) is 3. The van der Waals surface area contributed by atoms with Crippen molar-refractivity contribution in [3.8, 4) is 11.4 Å². The molecule has 0 amide bonds. The monoisotopic (exact) mass is 576 g/mol.